The van der Waals surface area contributed by atoms with Gasteiger partial charge in [0.25, 0.3) is 0 Å². The summed E-state index contributed by atoms with van der Waals surface area (Å²) in [5.74, 6) is -1.28. The average molecular weight is 261 g/mol. The summed E-state index contributed by atoms with van der Waals surface area (Å²) in [5.41, 5.74) is 0.722. The monoisotopic (exact) mass is 261 g/mol. The summed E-state index contributed by atoms with van der Waals surface area (Å²) in [6.07, 6.45) is 1.31. The third-order valence-corrected chi connectivity index (χ3v) is 2.65. The normalized spacial score (nSPS) is 11.9. The van der Waals surface area contributed by atoms with Gasteiger partial charge in [0.05, 0.1) is 12.2 Å². The quantitative estimate of drug-likeness (QED) is 0.884. The van der Waals surface area contributed by atoms with E-state index < -0.39 is 5.97 Å². The van der Waals surface area contributed by atoms with Crippen molar-refractivity contribution in [3.63, 3.8) is 0 Å². The first kappa shape index (κ1) is 12.9. The Bertz CT molecular complexity index is 604. The molecule has 0 fully saturated rings. The van der Waals surface area contributed by atoms with Gasteiger partial charge >= 0.3 is 5.97 Å². The number of anilines is 1. The molecule has 1 unspecified atom stereocenters. The first-order valence-electron chi connectivity index (χ1n) is 5.65. The van der Waals surface area contributed by atoms with Gasteiger partial charge in [0, 0.05) is 0 Å². The van der Waals surface area contributed by atoms with Crippen LogP contribution in [0, 0.1) is 5.82 Å². The van der Waals surface area contributed by atoms with Gasteiger partial charge in [-0.2, -0.15) is 5.10 Å². The minimum atomic E-state index is -1.09. The zero-order valence-electron chi connectivity index (χ0n) is 10.2. The number of hydrogen-bond acceptors (Lipinski definition) is 4. The van der Waals surface area contributed by atoms with Crippen molar-refractivity contribution in [1.82, 2.24) is 10.2 Å². The van der Waals surface area contributed by atoms with Crippen molar-refractivity contribution in [2.24, 2.45) is 0 Å². The second-order valence-corrected chi connectivity index (χ2v) is 4.02. The van der Waals surface area contributed by atoms with Crippen LogP contribution in [0.5, 0.6) is 0 Å². The van der Waals surface area contributed by atoms with Crippen LogP contribution >= 0.6 is 0 Å². The number of carboxylic acids is 1. The van der Waals surface area contributed by atoms with E-state index >= 15 is 0 Å². The Hall–Kier alpha value is -2.50. The Kier molecular flexibility index (Phi) is 3.70. The summed E-state index contributed by atoms with van der Waals surface area (Å²) in [7, 11) is 0. The number of benzene rings is 1. The van der Waals surface area contributed by atoms with Gasteiger partial charge in [-0.25, -0.2) is 9.18 Å². The van der Waals surface area contributed by atoms with Gasteiger partial charge in [-0.05, 0) is 30.7 Å². The molecule has 1 atom stereocenters. The first-order valence-corrected chi connectivity index (χ1v) is 5.65. The highest BCUT2D eigenvalue weighted by Crippen LogP contribution is 2.20. The molecule has 2 N–H and O–H groups in total. The number of nitrogens with one attached hydrogen (secondary N) is 1. The summed E-state index contributed by atoms with van der Waals surface area (Å²) < 4.78 is 13.1. The Morgan fingerprint density at radius 3 is 2.89 bits per heavy atom. The van der Waals surface area contributed by atoms with E-state index in [0.717, 1.165) is 0 Å². The molecule has 0 aliphatic rings. The molecule has 98 valence electrons. The Morgan fingerprint density at radius 2 is 2.21 bits per heavy atom. The molecule has 19 heavy (non-hydrogen) atoms. The lowest BCUT2D eigenvalue weighted by Gasteiger charge is -2.15. The van der Waals surface area contributed by atoms with Crippen LogP contribution in [0.15, 0.2) is 36.5 Å². The standard InChI is InChI=1S/C13H12FN3O2/c1-8(9-3-2-4-10(14)7-9)16-12-11(13(18)19)5-6-15-17-12/h2-8H,1H3,(H,16,17)(H,18,19). The van der Waals surface area contributed by atoms with Gasteiger partial charge in [-0.1, -0.05) is 12.1 Å². The van der Waals surface area contributed by atoms with E-state index in [9.17, 15) is 9.18 Å². The first-order chi connectivity index (χ1) is 9.08. The van der Waals surface area contributed by atoms with Crippen LogP contribution in [-0.2, 0) is 0 Å². The lowest BCUT2D eigenvalue weighted by molar-refractivity contribution is 0.0697. The molecule has 2 rings (SSSR count). The van der Waals surface area contributed by atoms with Gasteiger partial charge in [0.1, 0.15) is 11.4 Å². The number of nitrogens with zero attached hydrogens (tertiary/aromatic N) is 2. The number of hydrogen-bond donors (Lipinski definition) is 2. The third-order valence-electron chi connectivity index (χ3n) is 2.65. The predicted octanol–water partition coefficient (Wildman–Crippen LogP) is 2.49. The van der Waals surface area contributed by atoms with E-state index in [4.69, 9.17) is 5.11 Å². The molecule has 1 aromatic carbocycles. The van der Waals surface area contributed by atoms with Crippen molar-refractivity contribution >= 4 is 11.8 Å². The highest BCUT2D eigenvalue weighted by Gasteiger charge is 2.14. The summed E-state index contributed by atoms with van der Waals surface area (Å²) in [5, 5.41) is 19.3. The summed E-state index contributed by atoms with van der Waals surface area (Å²) in [4.78, 5) is 11.0. The Labute approximate surface area is 109 Å². The molecule has 0 spiro atoms. The van der Waals surface area contributed by atoms with Crippen molar-refractivity contribution in [3.8, 4) is 0 Å². The van der Waals surface area contributed by atoms with Crippen LogP contribution in [0.1, 0.15) is 28.9 Å². The van der Waals surface area contributed by atoms with Crippen LogP contribution < -0.4 is 5.32 Å². The van der Waals surface area contributed by atoms with E-state index in [1.165, 1.54) is 24.4 Å². The zero-order chi connectivity index (χ0) is 13.8. The Balaban J connectivity index is 2.24. The minimum Gasteiger partial charge on any atom is -0.478 e. The SMILES string of the molecule is CC(Nc1nnccc1C(=O)O)c1cccc(F)c1. The highest BCUT2D eigenvalue weighted by molar-refractivity contribution is 5.92. The second-order valence-electron chi connectivity index (χ2n) is 4.02. The fraction of sp³-hybridized carbons (Fsp3) is 0.154. The van der Waals surface area contributed by atoms with Gasteiger partial charge < -0.3 is 10.4 Å². The fourth-order valence-corrected chi connectivity index (χ4v) is 1.68. The van der Waals surface area contributed by atoms with Crippen LogP contribution in [0.25, 0.3) is 0 Å². The smallest absolute Gasteiger partial charge is 0.339 e. The van der Waals surface area contributed by atoms with E-state index in [-0.39, 0.29) is 23.2 Å². The van der Waals surface area contributed by atoms with E-state index in [2.05, 4.69) is 15.5 Å². The van der Waals surface area contributed by atoms with Crippen molar-refractivity contribution in [2.75, 3.05) is 5.32 Å². The molecule has 0 amide bonds. The van der Waals surface area contributed by atoms with Gasteiger partial charge in [0.15, 0.2) is 5.82 Å². The van der Waals surface area contributed by atoms with Gasteiger partial charge in [-0.15, -0.1) is 5.10 Å². The number of carbonyl (C=O) groups is 1. The topological polar surface area (TPSA) is 75.1 Å². The summed E-state index contributed by atoms with van der Waals surface area (Å²) >= 11 is 0. The maximum atomic E-state index is 13.1. The maximum Gasteiger partial charge on any atom is 0.339 e. The fourth-order valence-electron chi connectivity index (χ4n) is 1.68. The van der Waals surface area contributed by atoms with Crippen molar-refractivity contribution in [2.45, 2.75) is 13.0 Å². The van der Waals surface area contributed by atoms with Gasteiger partial charge in [0.2, 0.25) is 0 Å². The van der Waals surface area contributed by atoms with E-state index in [1.807, 2.05) is 0 Å². The molecule has 1 aromatic heterocycles. The lowest BCUT2D eigenvalue weighted by Crippen LogP contribution is -2.13. The van der Waals surface area contributed by atoms with Crippen LogP contribution in [0.3, 0.4) is 0 Å². The summed E-state index contributed by atoms with van der Waals surface area (Å²) in [6.45, 7) is 1.79. The lowest BCUT2D eigenvalue weighted by atomic mass is 10.1. The average Bonchev–Trinajstić information content (AvgIpc) is 2.39. The maximum absolute atomic E-state index is 13.1. The van der Waals surface area contributed by atoms with Gasteiger partial charge in [-0.3, -0.25) is 0 Å². The van der Waals surface area contributed by atoms with E-state index in [0.29, 0.717) is 5.56 Å². The van der Waals surface area contributed by atoms with Crippen LogP contribution in [-0.4, -0.2) is 21.3 Å². The van der Waals surface area contributed by atoms with Crippen molar-refractivity contribution in [3.05, 3.63) is 53.5 Å². The minimum absolute atomic E-state index is 0.0262. The molecule has 1 heterocycles. The summed E-state index contributed by atoms with van der Waals surface area (Å²) in [6, 6.07) is 7.14. The molecule has 0 aliphatic carbocycles. The number of aromatic carboxylic acids is 1. The zero-order valence-corrected chi connectivity index (χ0v) is 10.2. The molecule has 5 nitrogen and oxygen atoms in total. The highest BCUT2D eigenvalue weighted by atomic mass is 19.1. The largest absolute Gasteiger partial charge is 0.478 e. The number of aromatic nitrogens is 2. The van der Waals surface area contributed by atoms with Crippen molar-refractivity contribution < 1.29 is 14.3 Å². The molecule has 0 radical (unpaired) electrons. The third kappa shape index (κ3) is 3.04. The molecular formula is C13H12FN3O2. The molecular weight excluding hydrogens is 249 g/mol. The Morgan fingerprint density at radius 1 is 1.42 bits per heavy atom. The number of rotatable bonds is 4. The molecule has 0 saturated carbocycles. The molecule has 2 aromatic rings. The number of halogens is 1. The van der Waals surface area contributed by atoms with Crippen molar-refractivity contribution in [1.29, 1.82) is 0 Å². The van der Waals surface area contributed by atoms with Crippen LogP contribution in [0.4, 0.5) is 10.2 Å². The molecule has 0 aliphatic heterocycles. The molecule has 0 bridgehead atoms. The molecule has 6 heteroatoms. The second kappa shape index (κ2) is 5.43. The van der Waals surface area contributed by atoms with E-state index in [1.54, 1.807) is 19.1 Å². The van der Waals surface area contributed by atoms with Crippen LogP contribution in [0.2, 0.25) is 0 Å². The predicted molar refractivity (Wildman–Crippen MR) is 67.4 cm³/mol. The number of carboxylic acid groups (broad SMARTS) is 1. The molecule has 0 saturated heterocycles.